The quantitative estimate of drug-likeness (QED) is 0.0820. The number of aromatic nitrogens is 2. The Labute approximate surface area is 323 Å². The molecule has 4 atom stereocenters. The van der Waals surface area contributed by atoms with Gasteiger partial charge in [0, 0.05) is 30.1 Å². The van der Waals surface area contributed by atoms with Gasteiger partial charge >= 0.3 is 12.1 Å². The van der Waals surface area contributed by atoms with Crippen molar-refractivity contribution in [2.24, 2.45) is 5.92 Å². The number of carbonyl (C=O) groups excluding carboxylic acids is 3. The number of hydrogen-bond acceptors (Lipinski definition) is 9. The molecule has 0 saturated heterocycles. The highest BCUT2D eigenvalue weighted by molar-refractivity contribution is 7.13. The maximum atomic E-state index is 14.0. The predicted molar refractivity (Wildman–Crippen MR) is 208 cm³/mol. The number of aliphatic hydroxyl groups excluding tert-OH is 1. The molecule has 0 spiro atoms. The number of ether oxygens (including phenoxy) is 1. The summed E-state index contributed by atoms with van der Waals surface area (Å²) in [5.74, 6) is -0.282. The molecule has 54 heavy (non-hydrogen) atoms. The Morgan fingerprint density at radius 3 is 2.22 bits per heavy atom. The number of aliphatic hydroxyl groups is 1. The SMILES string of the molecule is CC(C)[C@H](NC(=O)N(C)Cc1csc(-c2ccccc2Cl)n1)C(=O)N[C@@H](Cc1ccccc1)C[C@H](O)[C@H](Cc1ccccc1)NC(=O)OCc1ccno1. The number of rotatable bonds is 17. The summed E-state index contributed by atoms with van der Waals surface area (Å²) in [6.07, 6.45) is 0.420. The van der Waals surface area contributed by atoms with Crippen molar-refractivity contribution in [3.8, 4) is 10.6 Å². The molecule has 2 aromatic heterocycles. The Bertz CT molecular complexity index is 1930. The lowest BCUT2D eigenvalue weighted by Gasteiger charge is -2.30. The first-order valence-corrected chi connectivity index (χ1v) is 18.9. The second-order valence-electron chi connectivity index (χ2n) is 13.3. The van der Waals surface area contributed by atoms with Crippen molar-refractivity contribution < 1.29 is 28.8 Å². The van der Waals surface area contributed by atoms with Crippen molar-refractivity contribution >= 4 is 41.0 Å². The van der Waals surface area contributed by atoms with Crippen molar-refractivity contribution in [1.29, 1.82) is 0 Å². The van der Waals surface area contributed by atoms with E-state index in [1.807, 2.05) is 98.1 Å². The van der Waals surface area contributed by atoms with Crippen LogP contribution in [0, 0.1) is 5.92 Å². The van der Waals surface area contributed by atoms with Gasteiger partial charge in [-0.15, -0.1) is 11.3 Å². The molecular weight excluding hydrogens is 728 g/mol. The molecule has 284 valence electrons. The summed E-state index contributed by atoms with van der Waals surface area (Å²) in [6, 6.07) is 25.5. The molecule has 0 aliphatic heterocycles. The van der Waals surface area contributed by atoms with Gasteiger partial charge in [0.2, 0.25) is 5.91 Å². The van der Waals surface area contributed by atoms with E-state index in [0.29, 0.717) is 29.3 Å². The fraction of sp³-hybridized carbons (Fsp3) is 0.325. The van der Waals surface area contributed by atoms with E-state index in [2.05, 4.69) is 26.1 Å². The molecule has 0 radical (unpaired) electrons. The number of alkyl carbamates (subject to hydrolysis) is 1. The first kappa shape index (κ1) is 40.0. The molecule has 14 heteroatoms. The average Bonchev–Trinajstić information content (AvgIpc) is 3.86. The van der Waals surface area contributed by atoms with Crippen LogP contribution >= 0.6 is 22.9 Å². The maximum Gasteiger partial charge on any atom is 0.407 e. The third-order valence-corrected chi connectivity index (χ3v) is 9.98. The van der Waals surface area contributed by atoms with Gasteiger partial charge < -0.3 is 35.2 Å². The summed E-state index contributed by atoms with van der Waals surface area (Å²) in [7, 11) is 1.64. The summed E-state index contributed by atoms with van der Waals surface area (Å²) in [6.45, 7) is 3.80. The van der Waals surface area contributed by atoms with Crippen LogP contribution in [0.25, 0.3) is 10.6 Å². The monoisotopic (exact) mass is 772 g/mol. The molecule has 0 bridgehead atoms. The number of amides is 4. The lowest BCUT2D eigenvalue weighted by atomic mass is 9.93. The third kappa shape index (κ3) is 11.9. The lowest BCUT2D eigenvalue weighted by Crippen LogP contribution is -2.55. The summed E-state index contributed by atoms with van der Waals surface area (Å²) in [5, 5.41) is 27.3. The largest absolute Gasteiger partial charge is 0.441 e. The Kier molecular flexibility index (Phi) is 14.6. The standard InChI is InChI=1S/C40H45ClN6O6S/c1-26(2)36(46-39(50)47(3)23-30-25-54-38(44-30)32-16-10-11-17-33(32)41)37(49)43-29(20-27-12-6-4-7-13-27)22-35(48)34(21-28-14-8-5-9-15-28)45-40(51)52-24-31-18-19-42-53-31/h4-19,25-26,29,34-36,48H,20-24H2,1-3H3,(H,43,49)(H,45,51)(H,46,50)/t29-,34-,35-,36-/m0/s1. The zero-order chi connectivity index (χ0) is 38.5. The minimum absolute atomic E-state index is 0.0940. The van der Waals surface area contributed by atoms with Gasteiger partial charge in [0.05, 0.1) is 35.6 Å². The number of nitrogens with zero attached hydrogens (tertiary/aromatic N) is 3. The fourth-order valence-electron chi connectivity index (χ4n) is 5.87. The molecule has 0 aliphatic carbocycles. The van der Waals surface area contributed by atoms with Crippen LogP contribution in [0.2, 0.25) is 5.02 Å². The average molecular weight is 773 g/mol. The third-order valence-electron chi connectivity index (χ3n) is 8.73. The number of halogens is 1. The number of urea groups is 1. The molecule has 0 unspecified atom stereocenters. The molecule has 5 aromatic rings. The number of nitrogens with one attached hydrogen (secondary N) is 3. The van der Waals surface area contributed by atoms with E-state index in [4.69, 9.17) is 20.9 Å². The second-order valence-corrected chi connectivity index (χ2v) is 14.6. The van der Waals surface area contributed by atoms with E-state index in [-0.39, 0.29) is 25.5 Å². The molecule has 4 amide bonds. The van der Waals surface area contributed by atoms with E-state index in [1.54, 1.807) is 19.2 Å². The van der Waals surface area contributed by atoms with Crippen LogP contribution < -0.4 is 16.0 Å². The number of carbonyl (C=O) groups is 3. The lowest BCUT2D eigenvalue weighted by molar-refractivity contribution is -0.124. The zero-order valence-electron chi connectivity index (χ0n) is 30.4. The van der Waals surface area contributed by atoms with Gasteiger partial charge in [-0.25, -0.2) is 14.6 Å². The van der Waals surface area contributed by atoms with Crippen LogP contribution in [-0.2, 0) is 35.5 Å². The van der Waals surface area contributed by atoms with Crippen molar-refractivity contribution in [3.63, 3.8) is 0 Å². The molecule has 2 heterocycles. The van der Waals surface area contributed by atoms with Gasteiger partial charge in [0.15, 0.2) is 12.4 Å². The van der Waals surface area contributed by atoms with Gasteiger partial charge in [-0.1, -0.05) is 109 Å². The highest BCUT2D eigenvalue weighted by Crippen LogP contribution is 2.30. The molecule has 12 nitrogen and oxygen atoms in total. The first-order chi connectivity index (χ1) is 26.0. The minimum Gasteiger partial charge on any atom is -0.441 e. The van der Waals surface area contributed by atoms with Crippen LogP contribution in [-0.4, -0.2) is 69.5 Å². The van der Waals surface area contributed by atoms with Crippen molar-refractivity contribution in [2.75, 3.05) is 7.05 Å². The van der Waals surface area contributed by atoms with Gasteiger partial charge in [-0.3, -0.25) is 4.79 Å². The smallest absolute Gasteiger partial charge is 0.407 e. The van der Waals surface area contributed by atoms with Gasteiger partial charge in [0.1, 0.15) is 11.0 Å². The van der Waals surface area contributed by atoms with Crippen LogP contribution in [0.5, 0.6) is 0 Å². The van der Waals surface area contributed by atoms with Crippen molar-refractivity contribution in [1.82, 2.24) is 31.0 Å². The van der Waals surface area contributed by atoms with Gasteiger partial charge in [-0.05, 0) is 42.4 Å². The predicted octanol–water partition coefficient (Wildman–Crippen LogP) is 6.63. The number of thiazole rings is 1. The van der Waals surface area contributed by atoms with E-state index >= 15 is 0 Å². The Morgan fingerprint density at radius 1 is 0.907 bits per heavy atom. The van der Waals surface area contributed by atoms with Gasteiger partial charge in [0.25, 0.3) is 0 Å². The molecule has 0 aliphatic rings. The van der Waals surface area contributed by atoms with E-state index in [1.165, 1.54) is 22.4 Å². The van der Waals surface area contributed by atoms with Crippen molar-refractivity contribution in [2.45, 2.75) is 70.5 Å². The van der Waals surface area contributed by atoms with E-state index in [9.17, 15) is 19.5 Å². The molecule has 5 rings (SSSR count). The minimum atomic E-state index is -1.09. The van der Waals surface area contributed by atoms with E-state index < -0.39 is 42.3 Å². The summed E-state index contributed by atoms with van der Waals surface area (Å²) in [4.78, 5) is 46.4. The normalized spacial score (nSPS) is 13.4. The van der Waals surface area contributed by atoms with Crippen LogP contribution in [0.4, 0.5) is 9.59 Å². The fourth-order valence-corrected chi connectivity index (χ4v) is 7.00. The Balaban J connectivity index is 1.26. The summed E-state index contributed by atoms with van der Waals surface area (Å²) >= 11 is 7.80. The zero-order valence-corrected chi connectivity index (χ0v) is 31.9. The topological polar surface area (TPSA) is 159 Å². The highest BCUT2D eigenvalue weighted by Gasteiger charge is 2.31. The molecule has 0 fully saturated rings. The second kappa shape index (κ2) is 19.7. The van der Waals surface area contributed by atoms with Crippen LogP contribution in [0.1, 0.15) is 42.8 Å². The van der Waals surface area contributed by atoms with E-state index in [0.717, 1.165) is 21.7 Å². The van der Waals surface area contributed by atoms with Crippen LogP contribution in [0.15, 0.2) is 107 Å². The molecular formula is C40H45ClN6O6S. The molecule has 0 saturated carbocycles. The Hall–Kier alpha value is -5.24. The van der Waals surface area contributed by atoms with Gasteiger partial charge in [-0.2, -0.15) is 0 Å². The first-order valence-electron chi connectivity index (χ1n) is 17.7. The Morgan fingerprint density at radius 2 is 1.57 bits per heavy atom. The highest BCUT2D eigenvalue weighted by atomic mass is 35.5. The number of benzene rings is 3. The van der Waals surface area contributed by atoms with Crippen molar-refractivity contribution in [3.05, 3.63) is 130 Å². The molecule has 3 aromatic carbocycles. The van der Waals surface area contributed by atoms with Crippen LogP contribution in [0.3, 0.4) is 0 Å². The summed E-state index contributed by atoms with van der Waals surface area (Å²) in [5.41, 5.74) is 3.35. The number of hydrogen-bond donors (Lipinski definition) is 4. The molecule has 4 N–H and O–H groups in total. The maximum absolute atomic E-state index is 14.0. The summed E-state index contributed by atoms with van der Waals surface area (Å²) < 4.78 is 10.3.